The Balaban J connectivity index is 2.27. The highest BCUT2D eigenvalue weighted by Gasteiger charge is 2.15. The van der Waals surface area contributed by atoms with Crippen LogP contribution in [-0.2, 0) is 6.42 Å². The van der Waals surface area contributed by atoms with E-state index in [1.54, 1.807) is 6.07 Å². The molecule has 0 aliphatic heterocycles. The van der Waals surface area contributed by atoms with Crippen LogP contribution in [-0.4, -0.2) is 17.0 Å². The minimum absolute atomic E-state index is 0.0473. The number of thiophene rings is 1. The predicted octanol–water partition coefficient (Wildman–Crippen LogP) is 3.40. The van der Waals surface area contributed by atoms with Gasteiger partial charge in [0.05, 0.1) is 16.1 Å². The third kappa shape index (κ3) is 3.03. The molecule has 6 heteroatoms. The third-order valence-corrected chi connectivity index (χ3v) is 3.92. The molecular weight excluding hydrogens is 281 g/mol. The van der Waals surface area contributed by atoms with E-state index in [-0.39, 0.29) is 11.3 Å². The maximum absolute atomic E-state index is 13.2. The maximum atomic E-state index is 13.2. The number of rotatable bonds is 4. The fourth-order valence-corrected chi connectivity index (χ4v) is 2.52. The van der Waals surface area contributed by atoms with Crippen LogP contribution in [0.1, 0.15) is 31.8 Å². The van der Waals surface area contributed by atoms with Crippen molar-refractivity contribution in [3.05, 3.63) is 51.5 Å². The van der Waals surface area contributed by atoms with E-state index in [1.165, 1.54) is 11.3 Å². The zero-order valence-corrected chi connectivity index (χ0v) is 11.5. The lowest BCUT2D eigenvalue weighted by atomic mass is 10.1. The van der Waals surface area contributed by atoms with Crippen LogP contribution in [0.5, 0.6) is 0 Å². The molecule has 20 heavy (non-hydrogen) atoms. The second-order valence-electron chi connectivity index (χ2n) is 4.07. The Hall–Kier alpha value is -2.21. The first-order valence-electron chi connectivity index (χ1n) is 5.94. The first-order valence-corrected chi connectivity index (χ1v) is 6.75. The van der Waals surface area contributed by atoms with E-state index in [2.05, 4.69) is 5.32 Å². The minimum Gasteiger partial charge on any atom is -0.478 e. The van der Waals surface area contributed by atoms with Crippen molar-refractivity contribution in [1.82, 2.24) is 0 Å². The van der Waals surface area contributed by atoms with Crippen molar-refractivity contribution in [3.63, 3.8) is 0 Å². The normalized spacial score (nSPS) is 10.3. The Morgan fingerprint density at radius 1 is 1.30 bits per heavy atom. The highest BCUT2D eigenvalue weighted by Crippen LogP contribution is 2.21. The lowest BCUT2D eigenvalue weighted by Gasteiger charge is -2.07. The van der Waals surface area contributed by atoms with Crippen molar-refractivity contribution in [2.75, 3.05) is 5.32 Å². The van der Waals surface area contributed by atoms with Gasteiger partial charge in [0, 0.05) is 4.88 Å². The molecule has 0 atom stereocenters. The van der Waals surface area contributed by atoms with E-state index < -0.39 is 17.7 Å². The zero-order valence-electron chi connectivity index (χ0n) is 10.6. The van der Waals surface area contributed by atoms with Crippen molar-refractivity contribution < 1.29 is 19.1 Å². The van der Waals surface area contributed by atoms with Crippen molar-refractivity contribution in [1.29, 1.82) is 0 Å². The number of hydrogen-bond donors (Lipinski definition) is 2. The van der Waals surface area contributed by atoms with Gasteiger partial charge in [0.2, 0.25) is 0 Å². The van der Waals surface area contributed by atoms with Crippen molar-refractivity contribution >= 4 is 28.9 Å². The van der Waals surface area contributed by atoms with Crippen LogP contribution in [0.3, 0.4) is 0 Å². The number of anilines is 1. The fraction of sp³-hybridized carbons (Fsp3) is 0.143. The largest absolute Gasteiger partial charge is 0.478 e. The van der Waals surface area contributed by atoms with Crippen LogP contribution in [0, 0.1) is 5.82 Å². The number of aryl methyl sites for hydroxylation is 1. The van der Waals surface area contributed by atoms with Gasteiger partial charge in [-0.25, -0.2) is 9.18 Å². The summed E-state index contributed by atoms with van der Waals surface area (Å²) >= 11 is 1.33. The summed E-state index contributed by atoms with van der Waals surface area (Å²) in [5.41, 5.74) is -0.194. The van der Waals surface area contributed by atoms with Crippen molar-refractivity contribution in [2.45, 2.75) is 13.3 Å². The Kier molecular flexibility index (Phi) is 4.14. The molecule has 0 bridgehead atoms. The van der Waals surface area contributed by atoms with E-state index in [9.17, 15) is 14.0 Å². The fourth-order valence-electron chi connectivity index (χ4n) is 1.68. The molecule has 0 spiro atoms. The molecule has 1 amide bonds. The van der Waals surface area contributed by atoms with Crippen LogP contribution in [0.2, 0.25) is 0 Å². The Morgan fingerprint density at radius 3 is 2.65 bits per heavy atom. The van der Waals surface area contributed by atoms with Gasteiger partial charge in [0.1, 0.15) is 5.82 Å². The lowest BCUT2D eigenvalue weighted by molar-refractivity contribution is 0.0698. The summed E-state index contributed by atoms with van der Waals surface area (Å²) in [6.45, 7) is 1.97. The Bertz CT molecular complexity index is 666. The number of aromatic carboxylic acids is 1. The lowest BCUT2D eigenvalue weighted by Crippen LogP contribution is -2.13. The van der Waals surface area contributed by atoms with Gasteiger partial charge in [-0.15, -0.1) is 11.3 Å². The summed E-state index contributed by atoms with van der Waals surface area (Å²) in [6, 6.07) is 6.66. The molecule has 0 unspecified atom stereocenters. The smallest absolute Gasteiger partial charge is 0.337 e. The highest BCUT2D eigenvalue weighted by molar-refractivity contribution is 7.14. The number of amides is 1. The molecular formula is C14H12FNO3S. The second-order valence-corrected chi connectivity index (χ2v) is 5.24. The zero-order chi connectivity index (χ0) is 14.7. The Labute approximate surface area is 118 Å². The summed E-state index contributed by atoms with van der Waals surface area (Å²) in [5.74, 6) is -2.27. The third-order valence-electron chi connectivity index (χ3n) is 2.69. The van der Waals surface area contributed by atoms with Crippen LogP contribution >= 0.6 is 11.3 Å². The molecule has 1 heterocycles. The summed E-state index contributed by atoms with van der Waals surface area (Å²) < 4.78 is 13.2. The number of carboxylic acid groups (broad SMARTS) is 1. The molecule has 2 rings (SSSR count). The monoisotopic (exact) mass is 293 g/mol. The van der Waals surface area contributed by atoms with E-state index in [0.717, 1.165) is 29.5 Å². The average molecular weight is 293 g/mol. The van der Waals surface area contributed by atoms with Crippen LogP contribution < -0.4 is 5.32 Å². The van der Waals surface area contributed by atoms with E-state index in [1.807, 2.05) is 13.0 Å². The van der Waals surface area contributed by atoms with Gasteiger partial charge in [0.25, 0.3) is 5.91 Å². The van der Waals surface area contributed by atoms with Gasteiger partial charge in [-0.05, 0) is 36.8 Å². The summed E-state index contributed by atoms with van der Waals surface area (Å²) in [4.78, 5) is 24.6. The van der Waals surface area contributed by atoms with Gasteiger partial charge in [-0.3, -0.25) is 4.79 Å². The molecule has 4 nitrogen and oxygen atoms in total. The second kappa shape index (κ2) is 5.83. The van der Waals surface area contributed by atoms with Crippen LogP contribution in [0.4, 0.5) is 10.1 Å². The quantitative estimate of drug-likeness (QED) is 0.908. The molecule has 0 saturated heterocycles. The average Bonchev–Trinajstić information content (AvgIpc) is 2.87. The minimum atomic E-state index is -1.22. The molecule has 1 aromatic carbocycles. The molecule has 2 N–H and O–H groups in total. The number of benzene rings is 1. The SMILES string of the molecule is CCc1ccc(C(=O)Nc2cc(F)ccc2C(=O)O)s1. The molecule has 0 saturated carbocycles. The van der Waals surface area contributed by atoms with Crippen molar-refractivity contribution in [3.8, 4) is 0 Å². The first kappa shape index (κ1) is 14.2. The number of nitrogens with one attached hydrogen (secondary N) is 1. The van der Waals surface area contributed by atoms with Crippen LogP contribution in [0.25, 0.3) is 0 Å². The first-order chi connectivity index (χ1) is 9.51. The maximum Gasteiger partial charge on any atom is 0.337 e. The van der Waals surface area contributed by atoms with Gasteiger partial charge >= 0.3 is 5.97 Å². The summed E-state index contributed by atoms with van der Waals surface area (Å²) in [7, 11) is 0. The number of carbonyl (C=O) groups is 2. The van der Waals surface area contributed by atoms with Gasteiger partial charge in [-0.2, -0.15) is 0 Å². The number of carboxylic acids is 1. The van der Waals surface area contributed by atoms with E-state index in [4.69, 9.17) is 5.11 Å². The number of carbonyl (C=O) groups excluding carboxylic acids is 1. The molecule has 1 aromatic heterocycles. The number of hydrogen-bond acceptors (Lipinski definition) is 3. The molecule has 0 fully saturated rings. The summed E-state index contributed by atoms with van der Waals surface area (Å²) in [6.07, 6.45) is 0.818. The number of halogens is 1. The summed E-state index contributed by atoms with van der Waals surface area (Å²) in [5, 5.41) is 11.4. The molecule has 0 aliphatic carbocycles. The standard InChI is InChI=1S/C14H12FNO3S/c1-2-9-4-6-12(20-9)13(17)16-11-7-8(15)3-5-10(11)14(18)19/h3-7H,2H2,1H3,(H,16,17)(H,18,19). The van der Waals surface area contributed by atoms with Crippen LogP contribution in [0.15, 0.2) is 30.3 Å². The van der Waals surface area contributed by atoms with E-state index >= 15 is 0 Å². The van der Waals surface area contributed by atoms with Gasteiger partial charge < -0.3 is 10.4 Å². The Morgan fingerprint density at radius 2 is 2.05 bits per heavy atom. The molecule has 2 aromatic rings. The molecule has 0 radical (unpaired) electrons. The predicted molar refractivity (Wildman–Crippen MR) is 75.0 cm³/mol. The van der Waals surface area contributed by atoms with E-state index in [0.29, 0.717) is 4.88 Å². The van der Waals surface area contributed by atoms with Gasteiger partial charge in [-0.1, -0.05) is 6.92 Å². The topological polar surface area (TPSA) is 66.4 Å². The molecule has 0 aliphatic rings. The highest BCUT2D eigenvalue weighted by atomic mass is 32.1. The van der Waals surface area contributed by atoms with Crippen molar-refractivity contribution in [2.24, 2.45) is 0 Å². The molecule has 104 valence electrons. The van der Waals surface area contributed by atoms with Gasteiger partial charge in [0.15, 0.2) is 0 Å².